The van der Waals surface area contributed by atoms with E-state index in [-0.39, 0.29) is 25.0 Å². The first-order valence-electron chi connectivity index (χ1n) is 11.7. The van der Waals surface area contributed by atoms with Gasteiger partial charge in [-0.05, 0) is 35.6 Å². The van der Waals surface area contributed by atoms with Crippen LogP contribution in [0.15, 0.2) is 48.5 Å². The molecule has 3 N–H and O–H groups in total. The zero-order valence-electron chi connectivity index (χ0n) is 19.7. The van der Waals surface area contributed by atoms with Gasteiger partial charge in [-0.15, -0.1) is 0 Å². The van der Waals surface area contributed by atoms with Crippen molar-refractivity contribution in [1.82, 2.24) is 10.6 Å². The number of amides is 2. The Morgan fingerprint density at radius 3 is 2.31 bits per heavy atom. The maximum Gasteiger partial charge on any atom is 0.407 e. The highest BCUT2D eigenvalue weighted by atomic mass is 16.5. The van der Waals surface area contributed by atoms with Crippen molar-refractivity contribution in [1.29, 1.82) is 0 Å². The van der Waals surface area contributed by atoms with Gasteiger partial charge in [0.05, 0.1) is 6.10 Å². The van der Waals surface area contributed by atoms with Gasteiger partial charge in [0.1, 0.15) is 12.6 Å². The zero-order valence-corrected chi connectivity index (χ0v) is 19.7. The highest BCUT2D eigenvalue weighted by Crippen LogP contribution is 2.44. The Morgan fingerprint density at radius 2 is 1.71 bits per heavy atom. The Bertz CT molecular complexity index is 1040. The average molecular weight is 483 g/mol. The molecule has 1 aliphatic heterocycles. The number of carboxylic acids is 1. The van der Waals surface area contributed by atoms with Gasteiger partial charge in [-0.3, -0.25) is 4.79 Å². The molecule has 0 radical (unpaired) electrons. The lowest BCUT2D eigenvalue weighted by molar-refractivity contribution is -0.149. The lowest BCUT2D eigenvalue weighted by Gasteiger charge is -2.24. The van der Waals surface area contributed by atoms with Gasteiger partial charge in [0.25, 0.3) is 0 Å². The number of aliphatic carboxylic acids is 1. The molecule has 1 fully saturated rings. The molecular formula is C26H30N2O7. The molecule has 4 rings (SSSR count). The van der Waals surface area contributed by atoms with Crippen LogP contribution in [0.1, 0.15) is 30.4 Å². The number of benzene rings is 2. The predicted molar refractivity (Wildman–Crippen MR) is 127 cm³/mol. The lowest BCUT2D eigenvalue weighted by Crippen LogP contribution is -2.54. The van der Waals surface area contributed by atoms with Crippen molar-refractivity contribution < 1.29 is 33.7 Å². The molecular weight excluding hydrogens is 452 g/mol. The van der Waals surface area contributed by atoms with Gasteiger partial charge in [0.15, 0.2) is 6.10 Å². The number of carbonyl (C=O) groups is 3. The van der Waals surface area contributed by atoms with Crippen LogP contribution < -0.4 is 10.6 Å². The van der Waals surface area contributed by atoms with Gasteiger partial charge in [-0.2, -0.15) is 0 Å². The fourth-order valence-electron chi connectivity index (χ4n) is 4.76. The van der Waals surface area contributed by atoms with Crippen LogP contribution in [0.2, 0.25) is 0 Å². The van der Waals surface area contributed by atoms with E-state index in [1.807, 2.05) is 36.4 Å². The Labute approximate surface area is 203 Å². The highest BCUT2D eigenvalue weighted by molar-refractivity contribution is 5.86. The molecule has 9 heteroatoms. The molecule has 1 heterocycles. The van der Waals surface area contributed by atoms with Crippen LogP contribution in [-0.2, 0) is 23.8 Å². The first kappa shape index (κ1) is 24.7. The van der Waals surface area contributed by atoms with E-state index in [0.717, 1.165) is 22.3 Å². The summed E-state index contributed by atoms with van der Waals surface area (Å²) in [6, 6.07) is 15.0. The number of carboxylic acid groups (broad SMARTS) is 1. The van der Waals surface area contributed by atoms with Crippen molar-refractivity contribution in [2.45, 2.75) is 37.5 Å². The third kappa shape index (κ3) is 5.31. The molecule has 9 nitrogen and oxygen atoms in total. The number of hydrogen-bond acceptors (Lipinski definition) is 6. The molecule has 0 spiro atoms. The molecule has 0 saturated carbocycles. The van der Waals surface area contributed by atoms with Gasteiger partial charge < -0.3 is 30.0 Å². The number of rotatable bonds is 9. The van der Waals surface area contributed by atoms with E-state index in [1.165, 1.54) is 7.11 Å². The van der Waals surface area contributed by atoms with E-state index < -0.39 is 36.2 Å². The number of ether oxygens (including phenoxy) is 3. The Kier molecular flexibility index (Phi) is 7.67. The normalized spacial score (nSPS) is 20.4. The standard InChI is InChI=1S/C26H30N2O7/c1-15(33-2)22(24(29)27-13-16-11-12-34-23(16)25(30)31)28-26(32)35-14-21-19-9-5-3-7-17(19)18-8-4-6-10-20(18)21/h3-10,15-16,21-23H,11-14H2,1-2H3,(H,27,29)(H,28,32)(H,30,31). The Hall–Kier alpha value is -3.43. The molecule has 1 aliphatic carbocycles. The molecule has 1 saturated heterocycles. The van der Waals surface area contributed by atoms with Crippen molar-refractivity contribution in [3.63, 3.8) is 0 Å². The number of hydrogen-bond donors (Lipinski definition) is 3. The summed E-state index contributed by atoms with van der Waals surface area (Å²) >= 11 is 0. The molecule has 2 aromatic rings. The molecule has 35 heavy (non-hydrogen) atoms. The molecule has 4 atom stereocenters. The van der Waals surface area contributed by atoms with E-state index in [1.54, 1.807) is 6.92 Å². The summed E-state index contributed by atoms with van der Waals surface area (Å²) in [6.45, 7) is 2.23. The maximum atomic E-state index is 12.9. The van der Waals surface area contributed by atoms with Crippen LogP contribution in [0.4, 0.5) is 4.79 Å². The minimum absolute atomic E-state index is 0.101. The minimum Gasteiger partial charge on any atom is -0.479 e. The summed E-state index contributed by atoms with van der Waals surface area (Å²) in [5, 5.41) is 14.6. The van der Waals surface area contributed by atoms with E-state index in [9.17, 15) is 19.5 Å². The van der Waals surface area contributed by atoms with Gasteiger partial charge in [-0.25, -0.2) is 9.59 Å². The second-order valence-corrected chi connectivity index (χ2v) is 8.81. The fraction of sp³-hybridized carbons (Fsp3) is 0.423. The molecule has 2 amide bonds. The summed E-state index contributed by atoms with van der Waals surface area (Å²) in [6.07, 6.45) is -1.79. The quantitative estimate of drug-likeness (QED) is 0.502. The van der Waals surface area contributed by atoms with Crippen LogP contribution in [0.3, 0.4) is 0 Å². The van der Waals surface area contributed by atoms with Gasteiger partial charge in [-0.1, -0.05) is 48.5 Å². The Morgan fingerprint density at radius 1 is 1.09 bits per heavy atom. The van der Waals surface area contributed by atoms with E-state index in [0.29, 0.717) is 13.0 Å². The molecule has 0 bridgehead atoms. The van der Waals surface area contributed by atoms with Gasteiger partial charge in [0.2, 0.25) is 5.91 Å². The predicted octanol–water partition coefficient (Wildman–Crippen LogP) is 2.53. The molecule has 186 valence electrons. The second kappa shape index (κ2) is 10.9. The van der Waals surface area contributed by atoms with Crippen LogP contribution in [0.5, 0.6) is 0 Å². The molecule has 4 unspecified atom stereocenters. The smallest absolute Gasteiger partial charge is 0.407 e. The number of carbonyl (C=O) groups excluding carboxylic acids is 2. The largest absolute Gasteiger partial charge is 0.479 e. The fourth-order valence-corrected chi connectivity index (χ4v) is 4.76. The van der Waals surface area contributed by atoms with Crippen LogP contribution in [0.25, 0.3) is 11.1 Å². The van der Waals surface area contributed by atoms with Crippen molar-refractivity contribution in [3.8, 4) is 11.1 Å². The topological polar surface area (TPSA) is 123 Å². The monoisotopic (exact) mass is 482 g/mol. The molecule has 0 aromatic heterocycles. The summed E-state index contributed by atoms with van der Waals surface area (Å²) in [7, 11) is 1.44. The summed E-state index contributed by atoms with van der Waals surface area (Å²) in [5.41, 5.74) is 4.43. The van der Waals surface area contributed by atoms with Crippen molar-refractivity contribution in [2.75, 3.05) is 26.9 Å². The van der Waals surface area contributed by atoms with Crippen LogP contribution in [-0.4, -0.2) is 68.2 Å². The Balaban J connectivity index is 1.37. The van der Waals surface area contributed by atoms with Crippen LogP contribution in [0, 0.1) is 5.92 Å². The van der Waals surface area contributed by atoms with E-state index in [4.69, 9.17) is 14.2 Å². The minimum atomic E-state index is -1.06. The van der Waals surface area contributed by atoms with Gasteiger partial charge >= 0.3 is 12.1 Å². The number of fused-ring (bicyclic) bond motifs is 3. The van der Waals surface area contributed by atoms with Crippen molar-refractivity contribution >= 4 is 18.0 Å². The van der Waals surface area contributed by atoms with Crippen LogP contribution >= 0.6 is 0 Å². The summed E-state index contributed by atoms with van der Waals surface area (Å²) < 4.78 is 16.1. The molecule has 2 aromatic carbocycles. The maximum absolute atomic E-state index is 12.9. The van der Waals surface area contributed by atoms with Crippen molar-refractivity contribution in [3.05, 3.63) is 59.7 Å². The average Bonchev–Trinajstić information content (AvgIpc) is 3.47. The number of methoxy groups -OCH3 is 1. The number of nitrogens with one attached hydrogen (secondary N) is 2. The lowest BCUT2D eigenvalue weighted by atomic mass is 9.98. The first-order valence-corrected chi connectivity index (χ1v) is 11.7. The molecule has 2 aliphatic rings. The van der Waals surface area contributed by atoms with Gasteiger partial charge in [0, 0.05) is 32.1 Å². The summed E-state index contributed by atoms with van der Waals surface area (Å²) in [4.78, 5) is 36.8. The second-order valence-electron chi connectivity index (χ2n) is 8.81. The number of alkyl carbamates (subject to hydrolysis) is 1. The SMILES string of the molecule is COC(C)C(NC(=O)OCC1c2ccccc2-c2ccccc21)C(=O)NCC1CCOC1C(=O)O. The highest BCUT2D eigenvalue weighted by Gasteiger charge is 2.36. The van der Waals surface area contributed by atoms with Crippen molar-refractivity contribution in [2.24, 2.45) is 5.92 Å². The van der Waals surface area contributed by atoms with E-state index >= 15 is 0 Å². The zero-order chi connectivity index (χ0) is 24.9. The summed E-state index contributed by atoms with van der Waals surface area (Å²) in [5.74, 6) is -1.98. The van der Waals surface area contributed by atoms with E-state index in [2.05, 4.69) is 22.8 Å². The first-order chi connectivity index (χ1) is 16.9. The third-order valence-corrected chi connectivity index (χ3v) is 6.74. The third-order valence-electron chi connectivity index (χ3n) is 6.74.